The third-order valence-corrected chi connectivity index (χ3v) is 5.49. The number of ether oxygens (including phenoxy) is 1. The van der Waals surface area contributed by atoms with Crippen LogP contribution in [-0.4, -0.2) is 90.4 Å². The average molecular weight is 516 g/mol. The number of nitrogens with one attached hydrogen (secondary N) is 2. The Labute approximate surface area is 249 Å². The molecule has 0 bridgehead atoms. The molecule has 35 heavy (non-hydrogen) atoms. The maximum Gasteiger partial charge on any atom is 0.332 e. The van der Waals surface area contributed by atoms with E-state index in [9.17, 15) is 18.0 Å². The van der Waals surface area contributed by atoms with Crippen LogP contribution >= 0.6 is 0 Å². The maximum atomic E-state index is 12.4. The molecule has 0 unspecified atom stereocenters. The fraction of sp³-hybridized carbons (Fsp3) is 0.250. The molecule has 0 aliphatic rings. The van der Waals surface area contributed by atoms with Crippen molar-refractivity contribution in [1.82, 2.24) is 9.55 Å². The normalized spacial score (nSPS) is 11.5. The van der Waals surface area contributed by atoms with E-state index < -0.39 is 21.3 Å². The van der Waals surface area contributed by atoms with Gasteiger partial charge in [0.25, 0.3) is 5.56 Å². The van der Waals surface area contributed by atoms with Gasteiger partial charge in [-0.25, -0.2) is 13.2 Å². The van der Waals surface area contributed by atoms with Crippen molar-refractivity contribution >= 4 is 87.0 Å². The summed E-state index contributed by atoms with van der Waals surface area (Å²) in [5.74, 6) is 0.676. The monoisotopic (exact) mass is 515 g/mol. The molecular weight excluding hydrogens is 488 g/mol. The zero-order valence-electron chi connectivity index (χ0n) is 21.2. The van der Waals surface area contributed by atoms with Crippen molar-refractivity contribution in [2.75, 3.05) is 18.1 Å². The Morgan fingerprint density at radius 2 is 1.63 bits per heavy atom. The van der Waals surface area contributed by atoms with Crippen molar-refractivity contribution in [2.24, 2.45) is 0 Å². The summed E-state index contributed by atoms with van der Waals surface area (Å²) in [7, 11) is -1.75. The molecule has 1 aromatic heterocycles. The molecule has 0 aliphatic heterocycles. The van der Waals surface area contributed by atoms with Crippen LogP contribution in [0.5, 0.6) is 5.75 Å². The number of hydrogen-bond donors (Lipinski definition) is 2. The molecule has 2 aromatic carbocycles. The third-order valence-electron chi connectivity index (χ3n) is 4.89. The van der Waals surface area contributed by atoms with Gasteiger partial charge in [-0.2, -0.15) is 0 Å². The van der Waals surface area contributed by atoms with Gasteiger partial charge in [0, 0.05) is 88.2 Å². The first-order chi connectivity index (χ1) is 15.4. The summed E-state index contributed by atoms with van der Waals surface area (Å²) < 4.78 is 32.3. The molecule has 2 N–H and O–H groups in total. The summed E-state index contributed by atoms with van der Waals surface area (Å²) in [6.45, 7) is 6.14. The average Bonchev–Trinajstić information content (AvgIpc) is 2.71. The Morgan fingerprint density at radius 3 is 2.14 bits per heavy atom. The summed E-state index contributed by atoms with van der Waals surface area (Å²) in [5, 5.41) is 0. The number of anilines is 1. The van der Waals surface area contributed by atoms with Gasteiger partial charge in [0.05, 0.1) is 19.1 Å². The van der Waals surface area contributed by atoms with Crippen LogP contribution in [0, 0.1) is 0 Å². The molecular formula is C24H27N3Na2O5S. The van der Waals surface area contributed by atoms with Gasteiger partial charge in [0.15, 0.2) is 0 Å². The Hall–Kier alpha value is -1.59. The van der Waals surface area contributed by atoms with E-state index in [2.05, 4.69) is 9.71 Å². The van der Waals surface area contributed by atoms with Gasteiger partial charge in [-0.1, -0.05) is 45.1 Å². The minimum absolute atomic E-state index is 0. The van der Waals surface area contributed by atoms with E-state index in [1.54, 1.807) is 31.4 Å². The minimum atomic E-state index is -3.34. The van der Waals surface area contributed by atoms with Crippen LogP contribution in [-0.2, 0) is 15.4 Å². The summed E-state index contributed by atoms with van der Waals surface area (Å²) in [5.41, 5.74) is 2.28. The van der Waals surface area contributed by atoms with Crippen molar-refractivity contribution < 1.29 is 13.2 Å². The Morgan fingerprint density at radius 1 is 1.00 bits per heavy atom. The first-order valence-electron chi connectivity index (χ1n) is 10.2. The molecule has 2 radical (unpaired) electrons. The molecule has 0 amide bonds. The van der Waals surface area contributed by atoms with E-state index in [1.165, 1.54) is 16.8 Å². The maximum absolute atomic E-state index is 12.4. The number of methoxy groups -OCH3 is 1. The Balaban J connectivity index is 0.00000306. The molecule has 3 rings (SSSR count). The molecule has 176 valence electrons. The molecule has 0 saturated carbocycles. The van der Waals surface area contributed by atoms with Gasteiger partial charge >= 0.3 is 5.69 Å². The SMILES string of the molecule is COc1c(C=Cc2ccc(NS(C)(=O)=O)cc2)cc(-n2ccc(=O)[nH]c2=O)cc1C(C)(C)C.[Na].[Na]. The van der Waals surface area contributed by atoms with Gasteiger partial charge < -0.3 is 4.74 Å². The van der Waals surface area contributed by atoms with E-state index in [4.69, 9.17) is 4.74 Å². The van der Waals surface area contributed by atoms with Crippen molar-refractivity contribution in [1.29, 1.82) is 0 Å². The second kappa shape index (κ2) is 12.6. The number of aromatic amines is 1. The molecule has 3 aromatic rings. The van der Waals surface area contributed by atoms with Crippen LogP contribution in [0.2, 0.25) is 0 Å². The molecule has 11 heteroatoms. The van der Waals surface area contributed by atoms with Crippen molar-refractivity contribution in [3.05, 3.63) is 86.2 Å². The van der Waals surface area contributed by atoms with E-state index in [1.807, 2.05) is 45.1 Å². The van der Waals surface area contributed by atoms with Crippen molar-refractivity contribution in [2.45, 2.75) is 26.2 Å². The topological polar surface area (TPSA) is 110 Å². The molecule has 0 fully saturated rings. The number of benzene rings is 2. The van der Waals surface area contributed by atoms with Crippen LogP contribution in [0.25, 0.3) is 17.8 Å². The van der Waals surface area contributed by atoms with Gasteiger partial charge in [0.2, 0.25) is 10.0 Å². The number of nitrogens with zero attached hydrogens (tertiary/aromatic N) is 1. The van der Waals surface area contributed by atoms with Crippen LogP contribution in [0.1, 0.15) is 37.5 Å². The number of H-pyrrole nitrogens is 1. The van der Waals surface area contributed by atoms with E-state index in [0.29, 0.717) is 17.1 Å². The third kappa shape index (κ3) is 8.49. The fourth-order valence-corrected chi connectivity index (χ4v) is 3.93. The predicted octanol–water partition coefficient (Wildman–Crippen LogP) is 2.61. The van der Waals surface area contributed by atoms with E-state index in [-0.39, 0.29) is 64.5 Å². The van der Waals surface area contributed by atoms with Crippen LogP contribution in [0.15, 0.2) is 58.3 Å². The van der Waals surface area contributed by atoms with Crippen LogP contribution in [0.4, 0.5) is 5.69 Å². The first kappa shape index (κ1) is 31.4. The van der Waals surface area contributed by atoms with Gasteiger partial charge in [-0.3, -0.25) is 19.1 Å². The van der Waals surface area contributed by atoms with Gasteiger partial charge in [0.1, 0.15) is 5.75 Å². The Bertz CT molecular complexity index is 1420. The summed E-state index contributed by atoms with van der Waals surface area (Å²) in [4.78, 5) is 26.2. The molecule has 0 aliphatic carbocycles. The van der Waals surface area contributed by atoms with E-state index >= 15 is 0 Å². The van der Waals surface area contributed by atoms with Gasteiger partial charge in [-0.15, -0.1) is 0 Å². The zero-order valence-corrected chi connectivity index (χ0v) is 26.0. The molecule has 8 nitrogen and oxygen atoms in total. The number of hydrogen-bond acceptors (Lipinski definition) is 5. The summed E-state index contributed by atoms with van der Waals surface area (Å²) >= 11 is 0. The van der Waals surface area contributed by atoms with Gasteiger partial charge in [-0.05, 0) is 35.2 Å². The summed E-state index contributed by atoms with van der Waals surface area (Å²) in [6.07, 6.45) is 6.28. The Kier molecular flexibility index (Phi) is 11.3. The standard InChI is InChI=1S/C24H27N3O5S.2Na/c1-24(2,3)20-15-19(27-13-12-21(28)25-23(27)29)14-17(22(20)32-4)9-6-16-7-10-18(11-8-16)26-33(5,30)31;;/h6-15,26H,1-5H3,(H,25,28,29);;. The molecule has 0 saturated heterocycles. The molecule has 0 spiro atoms. The van der Waals surface area contributed by atoms with E-state index in [0.717, 1.165) is 22.9 Å². The van der Waals surface area contributed by atoms with Crippen LogP contribution in [0.3, 0.4) is 0 Å². The fourth-order valence-electron chi connectivity index (χ4n) is 3.37. The second-order valence-electron chi connectivity index (χ2n) is 8.68. The first-order valence-corrected chi connectivity index (χ1v) is 12.1. The zero-order chi connectivity index (χ0) is 24.4. The number of rotatable bonds is 6. The summed E-state index contributed by atoms with van der Waals surface area (Å²) in [6, 6.07) is 11.9. The number of aromatic nitrogens is 2. The van der Waals surface area contributed by atoms with Crippen molar-refractivity contribution in [3.63, 3.8) is 0 Å². The second-order valence-corrected chi connectivity index (χ2v) is 10.4. The largest absolute Gasteiger partial charge is 0.496 e. The predicted molar refractivity (Wildman–Crippen MR) is 143 cm³/mol. The quantitative estimate of drug-likeness (QED) is 0.388. The van der Waals surface area contributed by atoms with Crippen molar-refractivity contribution in [3.8, 4) is 11.4 Å². The molecule has 0 atom stereocenters. The minimum Gasteiger partial charge on any atom is -0.496 e. The smallest absolute Gasteiger partial charge is 0.332 e. The van der Waals surface area contributed by atoms with Crippen LogP contribution < -0.4 is 20.7 Å². The number of sulfonamides is 1. The molecule has 1 heterocycles.